The van der Waals surface area contributed by atoms with Gasteiger partial charge in [-0.15, -0.1) is 0 Å². The van der Waals surface area contributed by atoms with Crippen molar-refractivity contribution in [3.8, 4) is 6.07 Å². The molecule has 0 unspecified atom stereocenters. The second-order valence-electron chi connectivity index (χ2n) is 5.91. The van der Waals surface area contributed by atoms with E-state index in [1.807, 2.05) is 70.2 Å². The molecule has 0 fully saturated rings. The maximum Gasteiger partial charge on any atom is 0.267 e. The van der Waals surface area contributed by atoms with Crippen molar-refractivity contribution in [2.75, 3.05) is 10.6 Å². The summed E-state index contributed by atoms with van der Waals surface area (Å²) in [5.74, 6) is -0.428. The van der Waals surface area contributed by atoms with E-state index in [-0.39, 0.29) is 5.57 Å². The molecule has 0 spiro atoms. The summed E-state index contributed by atoms with van der Waals surface area (Å²) in [5.41, 5.74) is 5.84. The number of nitrogens with one attached hydrogen (secondary N) is 2. The highest BCUT2D eigenvalue weighted by Crippen LogP contribution is 2.18. The molecule has 0 radical (unpaired) electrons. The number of rotatable bonds is 4. The Labute approximate surface area is 142 Å². The van der Waals surface area contributed by atoms with Crippen LogP contribution >= 0.6 is 0 Å². The largest absolute Gasteiger partial charge is 0.360 e. The predicted molar refractivity (Wildman–Crippen MR) is 97.8 cm³/mol. The summed E-state index contributed by atoms with van der Waals surface area (Å²) < 4.78 is 0. The van der Waals surface area contributed by atoms with Gasteiger partial charge in [-0.25, -0.2) is 0 Å². The third-order valence-electron chi connectivity index (χ3n) is 3.76. The number of nitrogens with zero attached hydrogens (tertiary/aromatic N) is 1. The summed E-state index contributed by atoms with van der Waals surface area (Å²) in [5, 5.41) is 15.1. The standard InChI is InChI=1S/C20H21N3O/c1-13-6-8-18(16(4)9-13)23-20(24)17(11-21)12-22-19-10-14(2)5-7-15(19)3/h5-10,12,22H,1-4H3,(H,23,24)/b17-12-. The van der Waals surface area contributed by atoms with Crippen molar-refractivity contribution in [3.05, 3.63) is 70.4 Å². The van der Waals surface area contributed by atoms with E-state index >= 15 is 0 Å². The Morgan fingerprint density at radius 1 is 0.958 bits per heavy atom. The average molecular weight is 319 g/mol. The predicted octanol–water partition coefficient (Wildman–Crippen LogP) is 4.38. The van der Waals surface area contributed by atoms with Crippen LogP contribution in [-0.2, 0) is 4.79 Å². The first-order valence-corrected chi connectivity index (χ1v) is 7.73. The Balaban J connectivity index is 2.16. The normalized spacial score (nSPS) is 10.9. The van der Waals surface area contributed by atoms with Crippen molar-refractivity contribution in [2.45, 2.75) is 27.7 Å². The van der Waals surface area contributed by atoms with Crippen LogP contribution in [0.15, 0.2) is 48.2 Å². The van der Waals surface area contributed by atoms with Crippen LogP contribution in [0.2, 0.25) is 0 Å². The topological polar surface area (TPSA) is 64.9 Å². The zero-order valence-electron chi connectivity index (χ0n) is 14.4. The molecular weight excluding hydrogens is 298 g/mol. The van der Waals surface area contributed by atoms with Gasteiger partial charge in [-0.3, -0.25) is 4.79 Å². The van der Waals surface area contributed by atoms with E-state index in [0.717, 1.165) is 27.9 Å². The van der Waals surface area contributed by atoms with E-state index in [1.54, 1.807) is 0 Å². The molecule has 0 saturated carbocycles. The lowest BCUT2D eigenvalue weighted by molar-refractivity contribution is -0.112. The van der Waals surface area contributed by atoms with Gasteiger partial charge in [0.1, 0.15) is 11.6 Å². The number of benzene rings is 2. The summed E-state index contributed by atoms with van der Waals surface area (Å²) in [6, 6.07) is 13.7. The average Bonchev–Trinajstić information content (AvgIpc) is 2.54. The maximum absolute atomic E-state index is 12.3. The molecule has 0 atom stereocenters. The lowest BCUT2D eigenvalue weighted by atomic mass is 10.1. The fourth-order valence-electron chi connectivity index (χ4n) is 2.33. The minimum atomic E-state index is -0.428. The zero-order valence-corrected chi connectivity index (χ0v) is 14.4. The lowest BCUT2D eigenvalue weighted by Crippen LogP contribution is -2.15. The molecule has 0 aliphatic carbocycles. The van der Waals surface area contributed by atoms with Crippen LogP contribution in [0.3, 0.4) is 0 Å². The van der Waals surface area contributed by atoms with Crippen LogP contribution in [0.5, 0.6) is 0 Å². The van der Waals surface area contributed by atoms with Gasteiger partial charge >= 0.3 is 0 Å². The molecule has 2 aromatic rings. The Morgan fingerprint density at radius 3 is 2.29 bits per heavy atom. The lowest BCUT2D eigenvalue weighted by Gasteiger charge is -2.10. The summed E-state index contributed by atoms with van der Waals surface area (Å²) in [7, 11) is 0. The van der Waals surface area contributed by atoms with Crippen LogP contribution in [-0.4, -0.2) is 5.91 Å². The van der Waals surface area contributed by atoms with E-state index in [2.05, 4.69) is 10.6 Å². The molecular formula is C20H21N3O. The second kappa shape index (κ2) is 7.47. The molecule has 0 heterocycles. The number of amides is 1. The van der Waals surface area contributed by atoms with Gasteiger partial charge in [0.2, 0.25) is 0 Å². The first-order chi connectivity index (χ1) is 11.4. The molecule has 2 rings (SSSR count). The SMILES string of the molecule is Cc1ccc(NC(=O)/C(C#N)=C\Nc2cc(C)ccc2C)c(C)c1. The van der Waals surface area contributed by atoms with Crippen LogP contribution in [0.4, 0.5) is 11.4 Å². The summed E-state index contributed by atoms with van der Waals surface area (Å²) >= 11 is 0. The minimum absolute atomic E-state index is 0.0240. The monoisotopic (exact) mass is 319 g/mol. The van der Waals surface area contributed by atoms with Gasteiger partial charge in [-0.1, -0.05) is 29.8 Å². The van der Waals surface area contributed by atoms with Crippen molar-refractivity contribution < 1.29 is 4.79 Å². The van der Waals surface area contributed by atoms with Gasteiger partial charge in [0.15, 0.2) is 0 Å². The van der Waals surface area contributed by atoms with Gasteiger partial charge in [-0.05, 0) is 56.5 Å². The smallest absolute Gasteiger partial charge is 0.267 e. The molecule has 4 heteroatoms. The molecule has 0 bridgehead atoms. The number of carbonyl (C=O) groups excluding carboxylic acids is 1. The van der Waals surface area contributed by atoms with Gasteiger partial charge in [0.05, 0.1) is 0 Å². The van der Waals surface area contributed by atoms with E-state index in [0.29, 0.717) is 5.69 Å². The van der Waals surface area contributed by atoms with E-state index in [4.69, 9.17) is 0 Å². The Bertz CT molecular complexity index is 844. The first kappa shape index (κ1) is 17.3. The Morgan fingerprint density at radius 2 is 1.62 bits per heavy atom. The number of hydrogen-bond donors (Lipinski definition) is 2. The fourth-order valence-corrected chi connectivity index (χ4v) is 2.33. The highest BCUT2D eigenvalue weighted by Gasteiger charge is 2.11. The van der Waals surface area contributed by atoms with Crippen LogP contribution in [0, 0.1) is 39.0 Å². The number of carbonyl (C=O) groups is 1. The van der Waals surface area contributed by atoms with Crippen molar-refractivity contribution in [1.82, 2.24) is 0 Å². The Kier molecular flexibility index (Phi) is 5.39. The third kappa shape index (κ3) is 4.23. The van der Waals surface area contributed by atoms with Gasteiger partial charge in [0.25, 0.3) is 5.91 Å². The fraction of sp³-hybridized carbons (Fsp3) is 0.200. The second-order valence-corrected chi connectivity index (χ2v) is 5.91. The van der Waals surface area contributed by atoms with Gasteiger partial charge in [-0.2, -0.15) is 5.26 Å². The first-order valence-electron chi connectivity index (χ1n) is 7.73. The van der Waals surface area contributed by atoms with Gasteiger partial charge < -0.3 is 10.6 Å². The number of hydrogen-bond acceptors (Lipinski definition) is 3. The van der Waals surface area contributed by atoms with Crippen LogP contribution in [0.25, 0.3) is 0 Å². The third-order valence-corrected chi connectivity index (χ3v) is 3.76. The highest BCUT2D eigenvalue weighted by molar-refractivity contribution is 6.07. The zero-order chi connectivity index (χ0) is 17.7. The maximum atomic E-state index is 12.3. The molecule has 0 aromatic heterocycles. The van der Waals surface area contributed by atoms with Crippen LogP contribution < -0.4 is 10.6 Å². The van der Waals surface area contributed by atoms with Crippen molar-refractivity contribution >= 4 is 17.3 Å². The summed E-state index contributed by atoms with van der Waals surface area (Å²) in [6.07, 6.45) is 1.45. The van der Waals surface area contributed by atoms with E-state index in [9.17, 15) is 10.1 Å². The highest BCUT2D eigenvalue weighted by atomic mass is 16.1. The number of anilines is 2. The molecule has 2 N–H and O–H groups in total. The van der Waals surface area contributed by atoms with Crippen LogP contribution in [0.1, 0.15) is 22.3 Å². The summed E-state index contributed by atoms with van der Waals surface area (Å²) in [6.45, 7) is 7.88. The van der Waals surface area contributed by atoms with E-state index in [1.165, 1.54) is 6.20 Å². The quantitative estimate of drug-likeness (QED) is 0.649. The van der Waals surface area contributed by atoms with E-state index < -0.39 is 5.91 Å². The number of nitriles is 1. The number of aryl methyl sites for hydroxylation is 4. The van der Waals surface area contributed by atoms with Gasteiger partial charge in [0, 0.05) is 17.6 Å². The Hall–Kier alpha value is -3.06. The summed E-state index contributed by atoms with van der Waals surface area (Å²) in [4.78, 5) is 12.3. The minimum Gasteiger partial charge on any atom is -0.360 e. The van der Waals surface area contributed by atoms with Crippen molar-refractivity contribution in [3.63, 3.8) is 0 Å². The van der Waals surface area contributed by atoms with Crippen molar-refractivity contribution in [2.24, 2.45) is 0 Å². The molecule has 4 nitrogen and oxygen atoms in total. The molecule has 0 aliphatic rings. The molecule has 2 aromatic carbocycles. The molecule has 122 valence electrons. The molecule has 24 heavy (non-hydrogen) atoms. The molecule has 0 saturated heterocycles. The molecule has 1 amide bonds. The molecule has 0 aliphatic heterocycles. The van der Waals surface area contributed by atoms with Crippen molar-refractivity contribution in [1.29, 1.82) is 5.26 Å².